The Morgan fingerprint density at radius 1 is 0.841 bits per heavy atom. The van der Waals surface area contributed by atoms with E-state index in [0.717, 1.165) is 130 Å². The summed E-state index contributed by atoms with van der Waals surface area (Å²) in [4.78, 5) is 49.9. The zero-order chi connectivity index (χ0) is 44.5. The van der Waals surface area contributed by atoms with E-state index in [9.17, 15) is 14.7 Å². The minimum atomic E-state index is -1.09. The SMILES string of the molecule is C[Si](C)(C)CCOCn1ccc2c(N3CC[C@H](C(=O)O)C4(CC4)C3)ncnc21.N#CCC1(CO)CC1.N#CCC1(COC(=O)[C@@H]2CCN(c3ncnc4[nH]ccc34)CC23CC3)CC1. The lowest BCUT2D eigenvalue weighted by molar-refractivity contribution is -0.154. The highest BCUT2D eigenvalue weighted by molar-refractivity contribution is 6.76. The van der Waals surface area contributed by atoms with Crippen molar-refractivity contribution >= 4 is 53.7 Å². The number of piperidine rings is 2. The molecular formula is C46H62N10O6Si. The number of carbonyl (C=O) groups excluding carboxylic acids is 1. The largest absolute Gasteiger partial charge is 0.481 e. The number of carbonyl (C=O) groups is 2. The molecule has 6 fully saturated rings. The van der Waals surface area contributed by atoms with Gasteiger partial charge in [-0.1, -0.05) is 19.6 Å². The van der Waals surface area contributed by atoms with E-state index in [4.69, 9.17) is 25.1 Å². The molecule has 2 spiro atoms. The Kier molecular flexibility index (Phi) is 12.6. The number of esters is 1. The molecule has 0 bridgehead atoms. The number of aliphatic hydroxyl groups is 1. The van der Waals surface area contributed by atoms with Gasteiger partial charge in [0.2, 0.25) is 0 Å². The van der Waals surface area contributed by atoms with Crippen LogP contribution in [-0.2, 0) is 25.8 Å². The lowest BCUT2D eigenvalue weighted by Gasteiger charge is -2.38. The van der Waals surface area contributed by atoms with Gasteiger partial charge in [-0.2, -0.15) is 10.5 Å². The molecule has 0 aromatic carbocycles. The van der Waals surface area contributed by atoms with Crippen molar-refractivity contribution in [2.24, 2.45) is 33.5 Å². The first-order valence-electron chi connectivity index (χ1n) is 22.7. The first-order chi connectivity index (χ1) is 30.3. The average Bonchev–Trinajstić information content (AvgIpc) is 4.21. The quantitative estimate of drug-likeness (QED) is 0.0666. The summed E-state index contributed by atoms with van der Waals surface area (Å²) in [5.74, 6) is 0.907. The number of carboxylic acids is 1. The van der Waals surface area contributed by atoms with Gasteiger partial charge < -0.3 is 39.0 Å². The summed E-state index contributed by atoms with van der Waals surface area (Å²) in [5, 5.41) is 37.4. The van der Waals surface area contributed by atoms with Crippen molar-refractivity contribution in [3.8, 4) is 12.1 Å². The van der Waals surface area contributed by atoms with Crippen LogP contribution < -0.4 is 9.80 Å². The van der Waals surface area contributed by atoms with Gasteiger partial charge in [0.15, 0.2) is 0 Å². The summed E-state index contributed by atoms with van der Waals surface area (Å²) in [5.41, 5.74) is 1.66. The minimum Gasteiger partial charge on any atom is -0.481 e. The van der Waals surface area contributed by atoms with Crippen LogP contribution in [0.1, 0.15) is 77.0 Å². The summed E-state index contributed by atoms with van der Waals surface area (Å²) >= 11 is 0. The second-order valence-electron chi connectivity index (χ2n) is 20.5. The van der Waals surface area contributed by atoms with Crippen LogP contribution in [0.25, 0.3) is 22.1 Å². The average molecular weight is 879 g/mol. The van der Waals surface area contributed by atoms with Gasteiger partial charge in [0.25, 0.3) is 0 Å². The van der Waals surface area contributed by atoms with Crippen molar-refractivity contribution in [2.45, 2.75) is 109 Å². The van der Waals surface area contributed by atoms with Gasteiger partial charge in [-0.3, -0.25) is 9.59 Å². The number of nitriles is 2. The molecule has 4 saturated carbocycles. The number of aromatic amines is 1. The Morgan fingerprint density at radius 3 is 2.02 bits per heavy atom. The highest BCUT2D eigenvalue weighted by atomic mass is 28.3. The number of aromatic nitrogens is 6. The van der Waals surface area contributed by atoms with E-state index in [1.54, 1.807) is 12.7 Å². The van der Waals surface area contributed by atoms with Gasteiger partial charge >= 0.3 is 11.9 Å². The van der Waals surface area contributed by atoms with Crippen LogP contribution in [0, 0.1) is 56.2 Å². The summed E-state index contributed by atoms with van der Waals surface area (Å²) in [7, 11) is -1.09. The number of anilines is 2. The Bertz CT molecular complexity index is 2360. The van der Waals surface area contributed by atoms with Gasteiger partial charge in [0.1, 0.15) is 42.3 Å². The van der Waals surface area contributed by atoms with E-state index in [2.05, 4.69) is 72.6 Å². The predicted molar refractivity (Wildman–Crippen MR) is 239 cm³/mol. The first kappa shape index (κ1) is 44.5. The number of H-pyrrole nitrogens is 1. The monoisotopic (exact) mass is 878 g/mol. The van der Waals surface area contributed by atoms with E-state index >= 15 is 0 Å². The summed E-state index contributed by atoms with van der Waals surface area (Å²) in [6.45, 7) is 12.1. The van der Waals surface area contributed by atoms with E-state index in [-0.39, 0.29) is 46.1 Å². The summed E-state index contributed by atoms with van der Waals surface area (Å²) in [6.07, 6.45) is 17.8. The number of aliphatic hydroxyl groups excluding tert-OH is 1. The van der Waals surface area contributed by atoms with Crippen LogP contribution in [0.3, 0.4) is 0 Å². The van der Waals surface area contributed by atoms with Crippen LogP contribution in [-0.4, -0.2) is 106 Å². The molecule has 0 amide bonds. The predicted octanol–water partition coefficient (Wildman–Crippen LogP) is 6.91. The number of hydrogen-bond donors (Lipinski definition) is 3. The van der Waals surface area contributed by atoms with Crippen molar-refractivity contribution < 1.29 is 29.3 Å². The minimum absolute atomic E-state index is 0.0227. The number of aliphatic carboxylic acids is 1. The van der Waals surface area contributed by atoms with Crippen LogP contribution in [0.2, 0.25) is 25.7 Å². The topological polar surface area (TPSA) is 219 Å². The van der Waals surface area contributed by atoms with E-state index < -0.39 is 14.0 Å². The molecule has 16 nitrogen and oxygen atoms in total. The number of nitrogens with one attached hydrogen (secondary N) is 1. The van der Waals surface area contributed by atoms with Crippen molar-refractivity contribution in [3.63, 3.8) is 0 Å². The lowest BCUT2D eigenvalue weighted by Crippen LogP contribution is -2.45. The standard InChI is InChI=1S/C20H23N5O2.C20H30N4O3Si.C6H9NO/c21-8-7-19(3-4-19)12-27-18(26)15-2-10-25(11-20(15)5-6-20)17-14-1-9-22-16(14)23-13-24-17;1-28(2,3)11-10-27-14-24-8-4-15-17(21-13-22-18(15)24)23-9-5-16(19(25)26)20(12-23)6-7-20;7-4-3-6(5-8)1-2-6/h1,9,13,15H,2-7,10-12H2,(H,22,23,24);4,8,13,16H,5-7,9-12,14H2,1-3H3,(H,25,26);8H,1-3,5H2/t15-;16-;/m01./s1. The molecule has 4 aliphatic carbocycles. The van der Waals surface area contributed by atoms with Crippen molar-refractivity contribution in [1.82, 2.24) is 29.5 Å². The number of nitrogens with zero attached hydrogens (tertiary/aromatic N) is 9. The van der Waals surface area contributed by atoms with E-state index in [0.29, 0.717) is 32.6 Å². The lowest BCUT2D eigenvalue weighted by atomic mass is 9.82. The zero-order valence-corrected chi connectivity index (χ0v) is 38.0. The van der Waals surface area contributed by atoms with Crippen LogP contribution in [0.5, 0.6) is 0 Å². The molecule has 4 aromatic rings. The normalized spacial score (nSPS) is 22.8. The van der Waals surface area contributed by atoms with E-state index in [1.807, 2.05) is 23.0 Å². The second-order valence-corrected chi connectivity index (χ2v) is 26.2. The smallest absolute Gasteiger partial charge is 0.309 e. The molecule has 6 aliphatic rings. The maximum Gasteiger partial charge on any atom is 0.309 e. The third kappa shape index (κ3) is 10.0. The number of rotatable bonds is 14. The van der Waals surface area contributed by atoms with Crippen LogP contribution in [0.4, 0.5) is 11.6 Å². The second kappa shape index (κ2) is 17.8. The molecule has 4 aromatic heterocycles. The fourth-order valence-corrected chi connectivity index (χ4v) is 10.3. The molecule has 2 aliphatic heterocycles. The molecule has 6 heterocycles. The number of ether oxygens (including phenoxy) is 2. The highest BCUT2D eigenvalue weighted by Crippen LogP contribution is 2.58. The third-order valence-electron chi connectivity index (χ3n) is 14.6. The Balaban J connectivity index is 0.000000147. The molecule has 2 saturated heterocycles. The molecule has 2 atom stereocenters. The number of fused-ring (bicyclic) bond motifs is 2. The Morgan fingerprint density at radius 2 is 1.44 bits per heavy atom. The maximum absolute atomic E-state index is 12.8. The molecule has 0 radical (unpaired) electrons. The molecule has 10 rings (SSSR count). The highest BCUT2D eigenvalue weighted by Gasteiger charge is 2.57. The molecule has 17 heteroatoms. The summed E-state index contributed by atoms with van der Waals surface area (Å²) < 4.78 is 13.6. The zero-order valence-electron chi connectivity index (χ0n) is 37.0. The van der Waals surface area contributed by atoms with Gasteiger partial charge in [-0.25, -0.2) is 19.9 Å². The molecule has 336 valence electrons. The van der Waals surface area contributed by atoms with Gasteiger partial charge in [0, 0.05) is 94.4 Å². The van der Waals surface area contributed by atoms with Gasteiger partial charge in [-0.15, -0.1) is 0 Å². The number of hydrogen-bond acceptors (Lipinski definition) is 13. The van der Waals surface area contributed by atoms with Gasteiger partial charge in [0.05, 0.1) is 41.4 Å². The summed E-state index contributed by atoms with van der Waals surface area (Å²) in [6, 6.07) is 9.49. The van der Waals surface area contributed by atoms with Gasteiger partial charge in [-0.05, 0) is 82.4 Å². The van der Waals surface area contributed by atoms with Crippen molar-refractivity contribution in [3.05, 3.63) is 37.2 Å². The third-order valence-corrected chi connectivity index (χ3v) is 16.3. The maximum atomic E-state index is 12.8. The molecule has 3 N–H and O–H groups in total. The number of carboxylic acid groups (broad SMARTS) is 1. The van der Waals surface area contributed by atoms with Crippen molar-refractivity contribution in [1.29, 1.82) is 10.5 Å². The fraction of sp³-hybridized carbons (Fsp3) is 0.652. The van der Waals surface area contributed by atoms with Crippen LogP contribution >= 0.6 is 0 Å². The van der Waals surface area contributed by atoms with E-state index in [1.165, 1.54) is 0 Å². The molecule has 0 unspecified atom stereocenters. The fourth-order valence-electron chi connectivity index (χ4n) is 9.55. The van der Waals surface area contributed by atoms with Crippen molar-refractivity contribution in [2.75, 3.05) is 55.8 Å². The molecule has 63 heavy (non-hydrogen) atoms. The Labute approximate surface area is 370 Å². The first-order valence-corrected chi connectivity index (χ1v) is 26.4. The van der Waals surface area contributed by atoms with Crippen LogP contribution in [0.15, 0.2) is 37.2 Å². The molecular weight excluding hydrogens is 817 g/mol. The Hall–Kier alpha value is -5.10.